The lowest BCUT2D eigenvalue weighted by Crippen LogP contribution is -2.31. The number of ether oxygens (including phenoxy) is 1. The minimum absolute atomic E-state index is 0.648. The average Bonchev–Trinajstić information content (AvgIpc) is 2.28. The highest BCUT2D eigenvalue weighted by atomic mass is 16.5. The summed E-state index contributed by atoms with van der Waals surface area (Å²) in [5.41, 5.74) is 1.80. The van der Waals surface area contributed by atoms with Gasteiger partial charge in [-0.05, 0) is 24.1 Å². The van der Waals surface area contributed by atoms with Crippen LogP contribution >= 0.6 is 0 Å². The molecular formula is C13H14O3. The largest absolute Gasteiger partial charge is 0.478 e. The predicted octanol–water partition coefficient (Wildman–Crippen LogP) is 2.72. The molecule has 16 heavy (non-hydrogen) atoms. The van der Waals surface area contributed by atoms with Gasteiger partial charge in [-0.3, -0.25) is 0 Å². The van der Waals surface area contributed by atoms with E-state index < -0.39 is 12.1 Å². The molecule has 3 heteroatoms. The van der Waals surface area contributed by atoms with Crippen molar-refractivity contribution in [2.45, 2.75) is 25.9 Å². The van der Waals surface area contributed by atoms with Gasteiger partial charge in [0.25, 0.3) is 0 Å². The maximum atomic E-state index is 11.1. The van der Waals surface area contributed by atoms with Gasteiger partial charge in [-0.15, -0.1) is 0 Å². The first-order valence-electron chi connectivity index (χ1n) is 5.41. The van der Waals surface area contributed by atoms with E-state index in [9.17, 15) is 4.79 Å². The standard InChI is InChI=1S/C13H14O3/c1-2-5-10-8-9-6-3-4-7-11(9)16-12(10)13(14)15/h3-4,6-8,12H,2,5H2,1H3,(H,14,15). The second kappa shape index (κ2) is 4.39. The van der Waals surface area contributed by atoms with Gasteiger partial charge < -0.3 is 9.84 Å². The maximum Gasteiger partial charge on any atom is 0.349 e. The van der Waals surface area contributed by atoms with Crippen molar-refractivity contribution in [1.29, 1.82) is 0 Å². The second-order valence-corrected chi connectivity index (χ2v) is 3.84. The van der Waals surface area contributed by atoms with E-state index in [1.807, 2.05) is 31.2 Å². The Morgan fingerprint density at radius 1 is 1.44 bits per heavy atom. The number of fused-ring (bicyclic) bond motifs is 1. The van der Waals surface area contributed by atoms with E-state index in [4.69, 9.17) is 9.84 Å². The minimum atomic E-state index is -0.922. The summed E-state index contributed by atoms with van der Waals surface area (Å²) >= 11 is 0. The van der Waals surface area contributed by atoms with Gasteiger partial charge in [-0.25, -0.2) is 4.79 Å². The Balaban J connectivity index is 2.39. The predicted molar refractivity (Wildman–Crippen MR) is 61.4 cm³/mol. The Kier molecular flexibility index (Phi) is 2.95. The number of hydrogen-bond donors (Lipinski definition) is 1. The Hall–Kier alpha value is -1.77. The topological polar surface area (TPSA) is 46.5 Å². The van der Waals surface area contributed by atoms with Gasteiger partial charge >= 0.3 is 5.97 Å². The number of benzene rings is 1. The van der Waals surface area contributed by atoms with Crippen molar-refractivity contribution in [3.05, 3.63) is 35.4 Å². The molecule has 1 atom stereocenters. The van der Waals surface area contributed by atoms with Crippen molar-refractivity contribution < 1.29 is 14.6 Å². The van der Waals surface area contributed by atoms with Crippen molar-refractivity contribution >= 4 is 12.0 Å². The van der Waals surface area contributed by atoms with E-state index in [0.29, 0.717) is 5.75 Å². The highest BCUT2D eigenvalue weighted by Crippen LogP contribution is 2.31. The van der Waals surface area contributed by atoms with Gasteiger partial charge in [-0.1, -0.05) is 31.5 Å². The summed E-state index contributed by atoms with van der Waals surface area (Å²) in [6.07, 6.45) is 2.78. The summed E-state index contributed by atoms with van der Waals surface area (Å²) in [6.45, 7) is 2.03. The molecule has 0 spiro atoms. The summed E-state index contributed by atoms with van der Waals surface area (Å²) in [4.78, 5) is 11.1. The third kappa shape index (κ3) is 1.94. The monoisotopic (exact) mass is 218 g/mol. The normalized spacial score (nSPS) is 18.3. The molecule has 0 fully saturated rings. The molecule has 1 unspecified atom stereocenters. The fraction of sp³-hybridized carbons (Fsp3) is 0.308. The van der Waals surface area contributed by atoms with Crippen LogP contribution in [-0.4, -0.2) is 17.2 Å². The van der Waals surface area contributed by atoms with E-state index in [0.717, 1.165) is 24.0 Å². The Labute approximate surface area is 94.4 Å². The first kappa shape index (κ1) is 10.7. The molecule has 0 aromatic heterocycles. The number of carboxylic acids is 1. The van der Waals surface area contributed by atoms with Crippen molar-refractivity contribution in [3.63, 3.8) is 0 Å². The molecule has 84 valence electrons. The molecule has 3 nitrogen and oxygen atoms in total. The number of rotatable bonds is 3. The molecular weight excluding hydrogens is 204 g/mol. The molecule has 1 aromatic carbocycles. The van der Waals surface area contributed by atoms with Crippen molar-refractivity contribution in [2.24, 2.45) is 0 Å². The van der Waals surface area contributed by atoms with Crippen molar-refractivity contribution in [2.75, 3.05) is 0 Å². The first-order valence-corrected chi connectivity index (χ1v) is 5.41. The van der Waals surface area contributed by atoms with Gasteiger partial charge in [0.1, 0.15) is 5.75 Å². The summed E-state index contributed by atoms with van der Waals surface area (Å²) in [7, 11) is 0. The summed E-state index contributed by atoms with van der Waals surface area (Å²) < 4.78 is 5.49. The van der Waals surface area contributed by atoms with Crippen LogP contribution in [0.4, 0.5) is 0 Å². The van der Waals surface area contributed by atoms with Crippen LogP contribution in [0.3, 0.4) is 0 Å². The van der Waals surface area contributed by atoms with Gasteiger partial charge in [0.15, 0.2) is 0 Å². The molecule has 0 saturated heterocycles. The van der Waals surface area contributed by atoms with Crippen LogP contribution in [0.2, 0.25) is 0 Å². The summed E-state index contributed by atoms with van der Waals surface area (Å²) in [5.74, 6) is -0.274. The molecule has 1 N–H and O–H groups in total. The number of carbonyl (C=O) groups is 1. The molecule has 0 amide bonds. The Bertz CT molecular complexity index is 435. The lowest BCUT2D eigenvalue weighted by atomic mass is 9.98. The third-order valence-corrected chi connectivity index (χ3v) is 2.60. The summed E-state index contributed by atoms with van der Waals surface area (Å²) in [6, 6.07) is 7.49. The zero-order chi connectivity index (χ0) is 11.5. The molecule has 0 aliphatic carbocycles. The van der Waals surface area contributed by atoms with E-state index in [1.54, 1.807) is 6.07 Å². The zero-order valence-electron chi connectivity index (χ0n) is 9.14. The van der Waals surface area contributed by atoms with Crippen LogP contribution in [0.5, 0.6) is 5.75 Å². The van der Waals surface area contributed by atoms with Gasteiger partial charge in [0.2, 0.25) is 6.10 Å². The van der Waals surface area contributed by atoms with Crippen molar-refractivity contribution in [1.82, 2.24) is 0 Å². The second-order valence-electron chi connectivity index (χ2n) is 3.84. The van der Waals surface area contributed by atoms with Crippen molar-refractivity contribution in [3.8, 4) is 5.75 Å². The molecule has 1 heterocycles. The van der Waals surface area contributed by atoms with Crippen LogP contribution in [0.25, 0.3) is 6.08 Å². The van der Waals surface area contributed by atoms with Crippen LogP contribution in [0.15, 0.2) is 29.8 Å². The highest BCUT2D eigenvalue weighted by molar-refractivity contribution is 5.81. The molecule has 0 bridgehead atoms. The molecule has 1 aromatic rings. The number of para-hydroxylation sites is 1. The SMILES string of the molecule is CCCC1=Cc2ccccc2OC1C(=O)O. The zero-order valence-corrected chi connectivity index (χ0v) is 9.14. The molecule has 2 rings (SSSR count). The molecule has 0 saturated carbocycles. The lowest BCUT2D eigenvalue weighted by molar-refractivity contribution is -0.143. The van der Waals surface area contributed by atoms with Crippen LogP contribution in [0.1, 0.15) is 25.3 Å². The van der Waals surface area contributed by atoms with Gasteiger partial charge in [0.05, 0.1) is 0 Å². The fourth-order valence-electron chi connectivity index (χ4n) is 1.89. The number of hydrogen-bond acceptors (Lipinski definition) is 2. The fourth-order valence-corrected chi connectivity index (χ4v) is 1.89. The Morgan fingerprint density at radius 3 is 2.88 bits per heavy atom. The highest BCUT2D eigenvalue weighted by Gasteiger charge is 2.27. The number of carboxylic acid groups (broad SMARTS) is 1. The molecule has 1 aliphatic rings. The van der Waals surface area contributed by atoms with Gasteiger partial charge in [-0.2, -0.15) is 0 Å². The Morgan fingerprint density at radius 2 is 2.19 bits per heavy atom. The van der Waals surface area contributed by atoms with Crippen LogP contribution in [-0.2, 0) is 4.79 Å². The quantitative estimate of drug-likeness (QED) is 0.848. The lowest BCUT2D eigenvalue weighted by Gasteiger charge is -2.24. The molecule has 1 aliphatic heterocycles. The smallest absolute Gasteiger partial charge is 0.349 e. The average molecular weight is 218 g/mol. The van der Waals surface area contributed by atoms with Crippen LogP contribution < -0.4 is 4.74 Å². The van der Waals surface area contributed by atoms with E-state index in [-0.39, 0.29) is 0 Å². The first-order chi connectivity index (χ1) is 7.72. The van der Waals surface area contributed by atoms with E-state index >= 15 is 0 Å². The maximum absolute atomic E-state index is 11.1. The molecule has 0 radical (unpaired) electrons. The van der Waals surface area contributed by atoms with Gasteiger partial charge in [0, 0.05) is 5.56 Å². The van der Waals surface area contributed by atoms with Crippen LogP contribution in [0, 0.1) is 0 Å². The summed E-state index contributed by atoms with van der Waals surface area (Å²) in [5, 5.41) is 9.10. The number of aliphatic carboxylic acids is 1. The minimum Gasteiger partial charge on any atom is -0.478 e. The van der Waals surface area contributed by atoms with E-state index in [1.165, 1.54) is 0 Å². The third-order valence-electron chi connectivity index (χ3n) is 2.60. The van der Waals surface area contributed by atoms with E-state index in [2.05, 4.69) is 0 Å².